The van der Waals surface area contributed by atoms with Gasteiger partial charge in [-0.2, -0.15) is 0 Å². The van der Waals surface area contributed by atoms with Crippen LogP contribution in [0.5, 0.6) is 0 Å². The van der Waals surface area contributed by atoms with Crippen LogP contribution < -0.4 is 34.5 Å². The van der Waals surface area contributed by atoms with Gasteiger partial charge in [0.2, 0.25) is 0 Å². The van der Waals surface area contributed by atoms with E-state index in [0.717, 1.165) is 25.7 Å². The van der Waals surface area contributed by atoms with Crippen molar-refractivity contribution in [1.82, 2.24) is 0 Å². The molecule has 0 saturated carbocycles. The third kappa shape index (κ3) is 14.1. The number of hydrogen-bond acceptors (Lipinski definition) is 2. The van der Waals surface area contributed by atoms with Crippen molar-refractivity contribution in [2.75, 3.05) is 12.8 Å². The van der Waals surface area contributed by atoms with E-state index in [1.54, 1.807) is 0 Å². The monoisotopic (exact) mass is 186 g/mol. The molecule has 0 aromatic heterocycles. The second-order valence-corrected chi connectivity index (χ2v) is 5.27. The van der Waals surface area contributed by atoms with Crippen molar-refractivity contribution >= 4 is 7.37 Å². The van der Waals surface area contributed by atoms with E-state index in [9.17, 15) is 9.46 Å². The summed E-state index contributed by atoms with van der Waals surface area (Å²) >= 11 is 0. The smallest absolute Gasteiger partial charge is 0.799 e. The van der Waals surface area contributed by atoms with Gasteiger partial charge in [0.25, 0.3) is 0 Å². The largest absolute Gasteiger partial charge is 1.00 e. The maximum absolute atomic E-state index is 10.6. The normalized spacial score (nSPS) is 15.2. The summed E-state index contributed by atoms with van der Waals surface area (Å²) in [6.07, 6.45) is 4.58. The van der Waals surface area contributed by atoms with Gasteiger partial charge in [-0.05, 0) is 19.2 Å². The Labute approximate surface area is 91.5 Å². The molecule has 1 unspecified atom stereocenters. The average Bonchev–Trinajstić information content (AvgIpc) is 1.78. The molecule has 1 atom stereocenters. The zero-order valence-corrected chi connectivity index (χ0v) is 10.7. The summed E-state index contributed by atoms with van der Waals surface area (Å²) in [5.74, 6) is 0. The van der Waals surface area contributed by atoms with Crippen LogP contribution in [0.1, 0.15) is 32.6 Å². The van der Waals surface area contributed by atoms with Crippen molar-refractivity contribution in [3.05, 3.63) is 0 Å². The van der Waals surface area contributed by atoms with Crippen LogP contribution in [-0.2, 0) is 4.57 Å². The van der Waals surface area contributed by atoms with E-state index in [1.165, 1.54) is 6.66 Å². The van der Waals surface area contributed by atoms with E-state index >= 15 is 0 Å². The maximum atomic E-state index is 10.6. The molecule has 0 spiro atoms. The van der Waals surface area contributed by atoms with Gasteiger partial charge < -0.3 is 9.46 Å². The fourth-order valence-corrected chi connectivity index (χ4v) is 1.62. The molecule has 0 amide bonds. The van der Waals surface area contributed by atoms with Gasteiger partial charge in [0.05, 0.1) is 0 Å². The Balaban J connectivity index is 0. The Bertz CT molecular complexity index is 122. The minimum atomic E-state index is -2.96. The summed E-state index contributed by atoms with van der Waals surface area (Å²) in [4.78, 5) is 10.6. The molecular weight excluding hydrogens is 170 g/mol. The summed E-state index contributed by atoms with van der Waals surface area (Å²) < 4.78 is 10.6. The third-order valence-corrected chi connectivity index (χ3v) is 2.55. The molecule has 0 aliphatic carbocycles. The van der Waals surface area contributed by atoms with Crippen LogP contribution in [-0.4, -0.2) is 12.8 Å². The predicted molar refractivity (Wildman–Crippen MR) is 42.5 cm³/mol. The maximum Gasteiger partial charge on any atom is 1.00 e. The molecular formula is C7H16NaO2P. The van der Waals surface area contributed by atoms with Crippen molar-refractivity contribution in [3.8, 4) is 0 Å². The zero-order chi connectivity index (χ0) is 8.04. The summed E-state index contributed by atoms with van der Waals surface area (Å²) in [5.41, 5.74) is 0. The van der Waals surface area contributed by atoms with E-state index in [0.29, 0.717) is 6.16 Å². The van der Waals surface area contributed by atoms with E-state index in [-0.39, 0.29) is 29.6 Å². The van der Waals surface area contributed by atoms with Crippen LogP contribution in [0.2, 0.25) is 0 Å². The van der Waals surface area contributed by atoms with Crippen molar-refractivity contribution in [3.63, 3.8) is 0 Å². The van der Waals surface area contributed by atoms with E-state index in [1.807, 2.05) is 0 Å². The van der Waals surface area contributed by atoms with E-state index < -0.39 is 7.37 Å². The molecule has 0 bridgehead atoms. The minimum absolute atomic E-state index is 0. The van der Waals surface area contributed by atoms with Crippen LogP contribution in [0.4, 0.5) is 0 Å². The molecule has 0 rings (SSSR count). The van der Waals surface area contributed by atoms with Crippen LogP contribution in [0, 0.1) is 0 Å². The molecule has 0 aromatic carbocycles. The Kier molecular flexibility index (Phi) is 10.4. The van der Waals surface area contributed by atoms with Crippen molar-refractivity contribution < 1.29 is 39.0 Å². The SMILES string of the molecule is CCCCCCP(C)(=O)[O-].[Na+]. The van der Waals surface area contributed by atoms with Crippen LogP contribution in [0.25, 0.3) is 0 Å². The Morgan fingerprint density at radius 2 is 1.82 bits per heavy atom. The Morgan fingerprint density at radius 3 is 2.18 bits per heavy atom. The first-order valence-electron chi connectivity index (χ1n) is 3.84. The summed E-state index contributed by atoms with van der Waals surface area (Å²) in [6, 6.07) is 0. The number of hydrogen-bond donors (Lipinski definition) is 0. The first kappa shape index (κ1) is 14.7. The fraction of sp³-hybridized carbons (Fsp3) is 1.00. The molecule has 0 radical (unpaired) electrons. The molecule has 2 nitrogen and oxygen atoms in total. The topological polar surface area (TPSA) is 40.1 Å². The van der Waals surface area contributed by atoms with E-state index in [2.05, 4.69) is 6.92 Å². The molecule has 0 aliphatic rings. The number of rotatable bonds is 5. The first-order chi connectivity index (χ1) is 4.56. The van der Waals surface area contributed by atoms with Gasteiger partial charge in [0.15, 0.2) is 0 Å². The summed E-state index contributed by atoms with van der Waals surface area (Å²) in [7, 11) is -2.96. The molecule has 0 N–H and O–H groups in total. The molecule has 62 valence electrons. The summed E-state index contributed by atoms with van der Waals surface area (Å²) in [5, 5.41) is 0. The van der Waals surface area contributed by atoms with Gasteiger partial charge in [0, 0.05) is 7.37 Å². The van der Waals surface area contributed by atoms with Crippen LogP contribution >= 0.6 is 7.37 Å². The Morgan fingerprint density at radius 1 is 1.27 bits per heavy atom. The van der Waals surface area contributed by atoms with Crippen molar-refractivity contribution in [2.45, 2.75) is 32.6 Å². The molecule has 0 fully saturated rings. The van der Waals surface area contributed by atoms with Crippen molar-refractivity contribution in [2.24, 2.45) is 0 Å². The standard InChI is InChI=1S/C7H17O2P.Na/c1-3-4-5-6-7-10(2,8)9;/h3-7H2,1-2H3,(H,8,9);/q;+1/p-1. The Hall–Kier alpha value is 1.19. The fourth-order valence-electron chi connectivity index (χ4n) is 0.826. The first-order valence-corrected chi connectivity index (χ1v) is 6.09. The average molecular weight is 186 g/mol. The second-order valence-electron chi connectivity index (χ2n) is 2.80. The van der Waals surface area contributed by atoms with Gasteiger partial charge in [-0.3, -0.25) is 0 Å². The summed E-state index contributed by atoms with van der Waals surface area (Å²) in [6.45, 7) is 3.43. The van der Waals surface area contributed by atoms with Crippen LogP contribution in [0.3, 0.4) is 0 Å². The molecule has 4 heteroatoms. The van der Waals surface area contributed by atoms with Gasteiger partial charge >= 0.3 is 29.6 Å². The van der Waals surface area contributed by atoms with Crippen LogP contribution in [0.15, 0.2) is 0 Å². The van der Waals surface area contributed by atoms with Gasteiger partial charge in [-0.15, -0.1) is 0 Å². The molecule has 0 heterocycles. The quantitative estimate of drug-likeness (QED) is 0.308. The zero-order valence-electron chi connectivity index (χ0n) is 7.80. The van der Waals surface area contributed by atoms with Crippen molar-refractivity contribution in [1.29, 1.82) is 0 Å². The van der Waals surface area contributed by atoms with E-state index in [4.69, 9.17) is 0 Å². The molecule has 0 saturated heterocycles. The second kappa shape index (κ2) is 7.82. The molecule has 11 heavy (non-hydrogen) atoms. The molecule has 0 aliphatic heterocycles. The molecule has 0 aromatic rings. The van der Waals surface area contributed by atoms with Gasteiger partial charge in [-0.25, -0.2) is 0 Å². The predicted octanol–water partition coefficient (Wildman–Crippen LogP) is -1.16. The third-order valence-electron chi connectivity index (χ3n) is 1.42. The number of unbranched alkanes of at least 4 members (excludes halogenated alkanes) is 3. The van der Waals surface area contributed by atoms with Gasteiger partial charge in [0.1, 0.15) is 0 Å². The van der Waals surface area contributed by atoms with Gasteiger partial charge in [-0.1, -0.05) is 26.2 Å². The minimum Gasteiger partial charge on any atom is -0.799 e.